The van der Waals surface area contributed by atoms with Crippen molar-refractivity contribution in [1.29, 1.82) is 0 Å². The normalized spacial score (nSPS) is 20.9. The lowest BCUT2D eigenvalue weighted by Crippen LogP contribution is -2.56. The maximum absolute atomic E-state index is 12.1. The molecule has 104 valence electrons. The standard InChI is InChI=1S/C12H22N2O3S/c1-8(2)9(14-18(17)11(3,4)5)12(6-7-12)13-10(15)16/h9,13-14H,1,6-7H2,2-5H3,(H,15,16)/t9-,18?/m0/s1. The van der Waals surface area contributed by atoms with Crippen LogP contribution in [0.25, 0.3) is 0 Å². The Kier molecular flexibility index (Phi) is 4.35. The Labute approximate surface area is 111 Å². The number of hydrogen-bond donors (Lipinski definition) is 3. The first kappa shape index (κ1) is 15.3. The van der Waals surface area contributed by atoms with Crippen molar-refractivity contribution in [3.8, 4) is 0 Å². The summed E-state index contributed by atoms with van der Waals surface area (Å²) in [5.74, 6) is 0. The van der Waals surface area contributed by atoms with Gasteiger partial charge in [0, 0.05) is 11.4 Å². The van der Waals surface area contributed by atoms with Crippen LogP contribution in [-0.2, 0) is 11.4 Å². The van der Waals surface area contributed by atoms with Gasteiger partial charge in [-0.15, -0.1) is 4.72 Å². The Morgan fingerprint density at radius 3 is 2.28 bits per heavy atom. The lowest BCUT2D eigenvalue weighted by Gasteiger charge is -2.32. The van der Waals surface area contributed by atoms with Crippen LogP contribution in [0.4, 0.5) is 4.79 Å². The fraction of sp³-hybridized carbons (Fsp3) is 0.750. The van der Waals surface area contributed by atoms with E-state index in [1.165, 1.54) is 0 Å². The lowest BCUT2D eigenvalue weighted by atomic mass is 10.0. The van der Waals surface area contributed by atoms with E-state index >= 15 is 0 Å². The van der Waals surface area contributed by atoms with Crippen molar-refractivity contribution in [2.24, 2.45) is 0 Å². The largest absolute Gasteiger partial charge is 0.598 e. The summed E-state index contributed by atoms with van der Waals surface area (Å²) >= 11 is -1.25. The van der Waals surface area contributed by atoms with Gasteiger partial charge < -0.3 is 15.0 Å². The van der Waals surface area contributed by atoms with Crippen LogP contribution in [0.2, 0.25) is 0 Å². The molecule has 2 atom stereocenters. The summed E-state index contributed by atoms with van der Waals surface area (Å²) in [6.07, 6.45) is 0.429. The predicted octanol–water partition coefficient (Wildman–Crippen LogP) is 1.78. The van der Waals surface area contributed by atoms with Gasteiger partial charge in [-0.25, -0.2) is 4.79 Å². The number of carbonyl (C=O) groups is 1. The lowest BCUT2D eigenvalue weighted by molar-refractivity contribution is 0.186. The van der Waals surface area contributed by atoms with Gasteiger partial charge in [0.25, 0.3) is 0 Å². The number of nitrogens with one attached hydrogen (secondary N) is 2. The molecule has 1 amide bonds. The minimum absolute atomic E-state index is 0.298. The monoisotopic (exact) mass is 274 g/mol. The fourth-order valence-corrected chi connectivity index (χ4v) is 2.80. The van der Waals surface area contributed by atoms with Crippen LogP contribution in [-0.4, -0.2) is 32.1 Å². The molecule has 0 bridgehead atoms. The summed E-state index contributed by atoms with van der Waals surface area (Å²) in [4.78, 5) is 10.8. The molecule has 0 aliphatic heterocycles. The molecule has 1 fully saturated rings. The van der Waals surface area contributed by atoms with Crippen LogP contribution in [0.15, 0.2) is 12.2 Å². The average molecular weight is 274 g/mol. The van der Waals surface area contributed by atoms with Crippen molar-refractivity contribution < 1.29 is 14.5 Å². The van der Waals surface area contributed by atoms with Gasteiger partial charge in [0.15, 0.2) is 0 Å². The Bertz CT molecular complexity index is 348. The first-order chi connectivity index (χ1) is 8.08. The number of amides is 1. The second-order valence-corrected chi connectivity index (χ2v) is 7.86. The van der Waals surface area contributed by atoms with E-state index in [2.05, 4.69) is 16.6 Å². The third-order valence-electron chi connectivity index (χ3n) is 2.97. The maximum Gasteiger partial charge on any atom is 0.405 e. The minimum Gasteiger partial charge on any atom is -0.598 e. The molecular weight excluding hydrogens is 252 g/mol. The third-order valence-corrected chi connectivity index (χ3v) is 4.53. The highest BCUT2D eigenvalue weighted by Gasteiger charge is 2.53. The Morgan fingerprint density at radius 1 is 1.50 bits per heavy atom. The van der Waals surface area contributed by atoms with Crippen molar-refractivity contribution >= 4 is 17.5 Å². The van der Waals surface area contributed by atoms with Crippen LogP contribution in [0.1, 0.15) is 40.5 Å². The van der Waals surface area contributed by atoms with Crippen molar-refractivity contribution in [3.05, 3.63) is 12.2 Å². The summed E-state index contributed by atoms with van der Waals surface area (Å²) in [6, 6.07) is -0.298. The van der Waals surface area contributed by atoms with E-state index in [0.717, 1.165) is 18.4 Å². The fourth-order valence-electron chi connectivity index (χ4n) is 1.80. The smallest absolute Gasteiger partial charge is 0.405 e. The molecule has 0 aromatic carbocycles. The van der Waals surface area contributed by atoms with Crippen molar-refractivity contribution in [3.63, 3.8) is 0 Å². The molecule has 0 saturated heterocycles. The molecule has 1 rings (SSSR count). The highest BCUT2D eigenvalue weighted by atomic mass is 32.2. The molecule has 18 heavy (non-hydrogen) atoms. The summed E-state index contributed by atoms with van der Waals surface area (Å²) in [5, 5.41) is 11.4. The number of carboxylic acid groups (broad SMARTS) is 1. The molecule has 0 aromatic heterocycles. The molecule has 3 N–H and O–H groups in total. The van der Waals surface area contributed by atoms with E-state index in [1.807, 2.05) is 27.7 Å². The van der Waals surface area contributed by atoms with E-state index in [-0.39, 0.29) is 6.04 Å². The zero-order valence-electron chi connectivity index (χ0n) is 11.4. The Balaban J connectivity index is 2.79. The van der Waals surface area contributed by atoms with Gasteiger partial charge in [-0.1, -0.05) is 12.2 Å². The minimum atomic E-state index is -1.25. The van der Waals surface area contributed by atoms with Gasteiger partial charge in [-0.2, -0.15) is 0 Å². The summed E-state index contributed by atoms with van der Waals surface area (Å²) in [5.41, 5.74) is 0.248. The van der Waals surface area contributed by atoms with Gasteiger partial charge in [0.2, 0.25) is 0 Å². The van der Waals surface area contributed by atoms with Crippen LogP contribution >= 0.6 is 0 Å². The van der Waals surface area contributed by atoms with E-state index in [4.69, 9.17) is 5.11 Å². The van der Waals surface area contributed by atoms with Crippen LogP contribution in [0.3, 0.4) is 0 Å². The second kappa shape index (κ2) is 5.11. The van der Waals surface area contributed by atoms with Gasteiger partial charge in [-0.3, -0.25) is 0 Å². The van der Waals surface area contributed by atoms with E-state index in [1.54, 1.807) is 0 Å². The van der Waals surface area contributed by atoms with Crippen LogP contribution in [0.5, 0.6) is 0 Å². The van der Waals surface area contributed by atoms with E-state index < -0.39 is 27.7 Å². The molecule has 1 aliphatic rings. The summed E-state index contributed by atoms with van der Waals surface area (Å²) < 4.78 is 14.7. The Hall–Kier alpha value is -0.720. The molecule has 1 unspecified atom stereocenters. The zero-order valence-corrected chi connectivity index (χ0v) is 12.2. The molecule has 6 heteroatoms. The quantitative estimate of drug-likeness (QED) is 0.527. The van der Waals surface area contributed by atoms with Crippen molar-refractivity contribution in [1.82, 2.24) is 10.0 Å². The molecule has 0 spiro atoms. The number of hydrogen-bond acceptors (Lipinski definition) is 3. The van der Waals surface area contributed by atoms with Gasteiger partial charge in [-0.05, 0) is 40.5 Å². The molecular formula is C12H22N2O3S. The molecule has 1 aliphatic carbocycles. The highest BCUT2D eigenvalue weighted by Crippen LogP contribution is 2.41. The molecule has 5 nitrogen and oxygen atoms in total. The molecule has 0 radical (unpaired) electrons. The van der Waals surface area contributed by atoms with Gasteiger partial charge >= 0.3 is 6.09 Å². The Morgan fingerprint density at radius 2 is 2.00 bits per heavy atom. The summed E-state index contributed by atoms with van der Waals surface area (Å²) in [7, 11) is 0. The van der Waals surface area contributed by atoms with Gasteiger partial charge in [0.05, 0.1) is 11.6 Å². The van der Waals surface area contributed by atoms with E-state index in [0.29, 0.717) is 0 Å². The van der Waals surface area contributed by atoms with Crippen molar-refractivity contribution in [2.75, 3.05) is 0 Å². The first-order valence-corrected chi connectivity index (χ1v) is 7.08. The van der Waals surface area contributed by atoms with Gasteiger partial charge in [0.1, 0.15) is 4.75 Å². The molecule has 0 heterocycles. The number of rotatable bonds is 5. The third kappa shape index (κ3) is 3.63. The van der Waals surface area contributed by atoms with Crippen LogP contribution < -0.4 is 10.0 Å². The zero-order chi connectivity index (χ0) is 14.1. The molecule has 1 saturated carbocycles. The van der Waals surface area contributed by atoms with Crippen LogP contribution in [0, 0.1) is 0 Å². The highest BCUT2D eigenvalue weighted by molar-refractivity contribution is 7.90. The SMILES string of the molecule is C=C(C)[C@H](N[S+]([O-])C(C)(C)C)C1(NC(=O)O)CC1. The molecule has 0 aromatic rings. The second-order valence-electron chi connectivity index (χ2n) is 5.86. The average Bonchev–Trinajstić information content (AvgIpc) is 2.91. The topological polar surface area (TPSA) is 84.4 Å². The summed E-state index contributed by atoms with van der Waals surface area (Å²) in [6.45, 7) is 11.3. The first-order valence-electron chi connectivity index (χ1n) is 5.93. The maximum atomic E-state index is 12.1. The van der Waals surface area contributed by atoms with Crippen molar-refractivity contribution in [2.45, 2.75) is 56.9 Å². The van der Waals surface area contributed by atoms with E-state index in [9.17, 15) is 9.35 Å². The predicted molar refractivity (Wildman–Crippen MR) is 72.8 cm³/mol.